The van der Waals surface area contributed by atoms with Crippen molar-refractivity contribution < 1.29 is 19.1 Å². The van der Waals surface area contributed by atoms with Crippen molar-refractivity contribution in [2.24, 2.45) is 5.41 Å². The monoisotopic (exact) mass is 347 g/mol. The zero-order valence-corrected chi connectivity index (χ0v) is 15.8. The van der Waals surface area contributed by atoms with Gasteiger partial charge in [-0.05, 0) is 57.9 Å². The zero-order chi connectivity index (χ0) is 18.7. The average Bonchev–Trinajstić information content (AvgIpc) is 2.54. The Morgan fingerprint density at radius 3 is 2.32 bits per heavy atom. The molecule has 0 aromatic heterocycles. The summed E-state index contributed by atoms with van der Waals surface area (Å²) >= 11 is 0. The first-order chi connectivity index (χ1) is 11.7. The minimum Gasteiger partial charge on any atom is -0.470 e. The highest BCUT2D eigenvalue weighted by Gasteiger charge is 2.54. The Balaban J connectivity index is 2.03. The number of hydrogen-bond acceptors (Lipinski definition) is 4. The molecule has 5 nitrogen and oxygen atoms in total. The first kappa shape index (κ1) is 19.3. The van der Waals surface area contributed by atoms with Gasteiger partial charge in [0, 0.05) is 0 Å². The molecule has 0 saturated carbocycles. The molecule has 2 atom stereocenters. The molecule has 1 N–H and O–H groups in total. The molecule has 1 aliphatic heterocycles. The number of carbonyl (C=O) groups excluding carboxylic acids is 2. The summed E-state index contributed by atoms with van der Waals surface area (Å²) in [7, 11) is 0. The van der Waals surface area contributed by atoms with E-state index < -0.39 is 11.0 Å². The molecule has 1 amide bonds. The molecular weight excluding hydrogens is 318 g/mol. The number of unbranched alkanes of at least 4 members (excludes halogenated alkanes) is 1. The summed E-state index contributed by atoms with van der Waals surface area (Å²) in [5, 5.41) is 2.86. The van der Waals surface area contributed by atoms with Crippen LogP contribution in [0.1, 0.15) is 70.7 Å². The van der Waals surface area contributed by atoms with E-state index in [0.717, 1.165) is 25.7 Å². The maximum absolute atomic E-state index is 12.1. The molecule has 138 valence electrons. The van der Waals surface area contributed by atoms with Gasteiger partial charge in [0.25, 0.3) is 0 Å². The highest BCUT2D eigenvalue weighted by Crippen LogP contribution is 2.40. The summed E-state index contributed by atoms with van der Waals surface area (Å²) in [6, 6.07) is 6.85. The van der Waals surface area contributed by atoms with Crippen molar-refractivity contribution in [1.29, 1.82) is 0 Å². The highest BCUT2D eigenvalue weighted by atomic mass is 16.6. The van der Waals surface area contributed by atoms with Crippen LogP contribution in [0.25, 0.3) is 0 Å². The van der Waals surface area contributed by atoms with Gasteiger partial charge in [0.1, 0.15) is 16.8 Å². The predicted molar refractivity (Wildman–Crippen MR) is 96.4 cm³/mol. The second-order valence-corrected chi connectivity index (χ2v) is 7.61. The quantitative estimate of drug-likeness (QED) is 0.597. The normalized spacial score (nSPS) is 22.8. The Labute approximate surface area is 150 Å². The number of amides is 1. The number of nitrogens with one attached hydrogen (secondary N) is 1. The summed E-state index contributed by atoms with van der Waals surface area (Å²) < 4.78 is 11.3. The molecule has 1 heterocycles. The molecule has 1 fully saturated rings. The van der Waals surface area contributed by atoms with Crippen LogP contribution in [0.4, 0.5) is 0 Å². The maximum atomic E-state index is 12.1. The summed E-state index contributed by atoms with van der Waals surface area (Å²) in [5.74, 6) is 0.340. The van der Waals surface area contributed by atoms with Crippen molar-refractivity contribution in [3.63, 3.8) is 0 Å². The molecule has 1 aromatic rings. The summed E-state index contributed by atoms with van der Waals surface area (Å²) in [5.41, 5.74) is -0.491. The first-order valence-corrected chi connectivity index (χ1v) is 9.03. The molecule has 25 heavy (non-hydrogen) atoms. The molecular formula is C20H29NO4. The van der Waals surface area contributed by atoms with E-state index in [-0.39, 0.29) is 18.1 Å². The third kappa shape index (κ3) is 4.33. The Kier molecular flexibility index (Phi) is 5.76. The largest absolute Gasteiger partial charge is 0.470 e. The lowest BCUT2D eigenvalue weighted by molar-refractivity contribution is -0.162. The van der Waals surface area contributed by atoms with Crippen molar-refractivity contribution in [2.45, 2.75) is 72.1 Å². The van der Waals surface area contributed by atoms with E-state index in [4.69, 9.17) is 9.47 Å². The molecule has 1 saturated heterocycles. The Morgan fingerprint density at radius 2 is 1.84 bits per heavy atom. The highest BCUT2D eigenvalue weighted by molar-refractivity contribution is 5.90. The van der Waals surface area contributed by atoms with Gasteiger partial charge in [-0.15, -0.1) is 0 Å². The topological polar surface area (TPSA) is 64.6 Å². The zero-order valence-electron chi connectivity index (χ0n) is 15.8. The van der Waals surface area contributed by atoms with Gasteiger partial charge >= 0.3 is 5.97 Å². The van der Waals surface area contributed by atoms with Gasteiger partial charge in [-0.3, -0.25) is 4.79 Å². The van der Waals surface area contributed by atoms with Crippen LogP contribution in [-0.2, 0) is 9.53 Å². The lowest BCUT2D eigenvalue weighted by atomic mass is 9.72. The van der Waals surface area contributed by atoms with Crippen molar-refractivity contribution in [1.82, 2.24) is 5.32 Å². The van der Waals surface area contributed by atoms with Gasteiger partial charge in [-0.1, -0.05) is 26.7 Å². The first-order valence-electron chi connectivity index (χ1n) is 9.03. The Bertz CT molecular complexity index is 618. The number of rotatable bonds is 7. The van der Waals surface area contributed by atoms with E-state index in [9.17, 15) is 9.59 Å². The number of carbonyl (C=O) groups is 2. The van der Waals surface area contributed by atoms with Crippen molar-refractivity contribution in [3.05, 3.63) is 29.8 Å². The fraction of sp³-hybridized carbons (Fsp3) is 0.600. The van der Waals surface area contributed by atoms with E-state index in [1.54, 1.807) is 24.3 Å². The van der Waals surface area contributed by atoms with Gasteiger partial charge in [0.05, 0.1) is 5.56 Å². The van der Waals surface area contributed by atoms with Crippen molar-refractivity contribution in [3.8, 4) is 5.75 Å². The van der Waals surface area contributed by atoms with Crippen LogP contribution in [0.5, 0.6) is 5.75 Å². The molecule has 0 bridgehead atoms. The molecule has 5 heteroatoms. The molecule has 0 radical (unpaired) electrons. The third-order valence-electron chi connectivity index (χ3n) is 4.57. The minimum absolute atomic E-state index is 0.0684. The molecule has 0 aliphatic carbocycles. The second kappa shape index (κ2) is 7.46. The fourth-order valence-electron chi connectivity index (χ4n) is 2.99. The molecule has 0 spiro atoms. The van der Waals surface area contributed by atoms with Crippen LogP contribution in [-0.4, -0.2) is 23.7 Å². The molecule has 0 unspecified atom stereocenters. The predicted octanol–water partition coefficient (Wildman–Crippen LogP) is 4.06. The SMILES string of the molecule is CCCC[C@]1(CC)C(=O)N[C@H]1Oc1ccc(C(=O)OC(C)(C)C)cc1. The van der Waals surface area contributed by atoms with Crippen LogP contribution < -0.4 is 10.1 Å². The Morgan fingerprint density at radius 1 is 1.20 bits per heavy atom. The van der Waals surface area contributed by atoms with Crippen molar-refractivity contribution in [2.75, 3.05) is 0 Å². The summed E-state index contributed by atoms with van der Waals surface area (Å²) in [4.78, 5) is 24.2. The lowest BCUT2D eigenvalue weighted by Gasteiger charge is -2.47. The number of esters is 1. The van der Waals surface area contributed by atoms with E-state index in [0.29, 0.717) is 11.3 Å². The fourth-order valence-corrected chi connectivity index (χ4v) is 2.99. The minimum atomic E-state index is -0.525. The maximum Gasteiger partial charge on any atom is 0.338 e. The van der Waals surface area contributed by atoms with Gasteiger partial charge in [-0.2, -0.15) is 0 Å². The molecule has 2 rings (SSSR count). The second-order valence-electron chi connectivity index (χ2n) is 7.61. The van der Waals surface area contributed by atoms with Crippen LogP contribution in [0.15, 0.2) is 24.3 Å². The number of ether oxygens (including phenoxy) is 2. The number of benzene rings is 1. The molecule has 1 aliphatic rings. The number of hydrogen-bond donors (Lipinski definition) is 1. The van der Waals surface area contributed by atoms with Crippen molar-refractivity contribution >= 4 is 11.9 Å². The van der Waals surface area contributed by atoms with Crippen LogP contribution in [0.2, 0.25) is 0 Å². The average molecular weight is 347 g/mol. The van der Waals surface area contributed by atoms with Gasteiger partial charge in [0.2, 0.25) is 5.91 Å². The Hall–Kier alpha value is -2.04. The summed E-state index contributed by atoms with van der Waals surface area (Å²) in [6.07, 6.45) is 3.31. The van der Waals surface area contributed by atoms with E-state index in [1.165, 1.54) is 0 Å². The van der Waals surface area contributed by atoms with Crippen LogP contribution in [0.3, 0.4) is 0 Å². The van der Waals surface area contributed by atoms with E-state index in [1.807, 2.05) is 27.7 Å². The smallest absolute Gasteiger partial charge is 0.338 e. The number of β-lactam (4-membered cyclic amide) rings is 1. The van der Waals surface area contributed by atoms with E-state index >= 15 is 0 Å². The molecule has 1 aromatic carbocycles. The lowest BCUT2D eigenvalue weighted by Crippen LogP contribution is -2.69. The summed E-state index contributed by atoms with van der Waals surface area (Å²) in [6.45, 7) is 9.65. The van der Waals surface area contributed by atoms with E-state index in [2.05, 4.69) is 12.2 Å². The van der Waals surface area contributed by atoms with Gasteiger partial charge in [-0.25, -0.2) is 4.79 Å². The van der Waals surface area contributed by atoms with Crippen LogP contribution in [0, 0.1) is 5.41 Å². The van der Waals surface area contributed by atoms with Gasteiger partial charge in [0.15, 0.2) is 6.23 Å². The van der Waals surface area contributed by atoms with Crippen LogP contribution >= 0.6 is 0 Å². The van der Waals surface area contributed by atoms with Gasteiger partial charge < -0.3 is 14.8 Å². The third-order valence-corrected chi connectivity index (χ3v) is 4.57. The standard InChI is InChI=1S/C20H29NO4/c1-6-8-13-20(7-2)17(23)21-18(20)24-15-11-9-14(10-12-15)16(22)25-19(3,4)5/h9-12,18H,6-8,13H2,1-5H3,(H,21,23)/t18-,20+/m0/s1.